The van der Waals surface area contributed by atoms with Crippen molar-refractivity contribution >= 4 is 27.5 Å². The first kappa shape index (κ1) is 13.1. The molecule has 2 aromatic heterocycles. The summed E-state index contributed by atoms with van der Waals surface area (Å²) in [4.78, 5) is 31.2. The van der Waals surface area contributed by atoms with Gasteiger partial charge in [0.1, 0.15) is 15.5 Å². The molecule has 3 rings (SSSR count). The smallest absolute Gasteiger partial charge is 0.346 e. The van der Waals surface area contributed by atoms with Gasteiger partial charge in [-0.2, -0.15) is 0 Å². The minimum Gasteiger partial charge on any atom is -0.477 e. The number of aromatic carboxylic acids is 1. The van der Waals surface area contributed by atoms with Gasteiger partial charge in [0.25, 0.3) is 5.56 Å². The molecule has 0 radical (unpaired) electrons. The van der Waals surface area contributed by atoms with Gasteiger partial charge in [-0.15, -0.1) is 11.3 Å². The Morgan fingerprint density at radius 1 is 1.55 bits per heavy atom. The molecule has 0 atom stereocenters. The van der Waals surface area contributed by atoms with Gasteiger partial charge >= 0.3 is 5.97 Å². The summed E-state index contributed by atoms with van der Waals surface area (Å²) in [6, 6.07) is 0. The zero-order valence-corrected chi connectivity index (χ0v) is 11.8. The quantitative estimate of drug-likeness (QED) is 0.851. The molecule has 0 amide bonds. The number of H-pyrrole nitrogens is 1. The number of fused-ring (bicyclic) bond motifs is 1. The lowest BCUT2D eigenvalue weighted by molar-refractivity contribution is 0.0701. The van der Waals surface area contributed by atoms with E-state index in [4.69, 9.17) is 5.11 Å². The highest BCUT2D eigenvalue weighted by molar-refractivity contribution is 7.20. The van der Waals surface area contributed by atoms with Crippen LogP contribution in [-0.2, 0) is 6.42 Å². The lowest BCUT2D eigenvalue weighted by atomic mass is 10.1. The number of carboxylic acid groups (broad SMARTS) is 1. The molecular formula is C14H14N2O3S. The van der Waals surface area contributed by atoms with Gasteiger partial charge in [-0.05, 0) is 31.7 Å². The molecule has 104 valence electrons. The average Bonchev–Trinajstić information content (AvgIpc) is 2.97. The molecule has 0 saturated carbocycles. The zero-order valence-electron chi connectivity index (χ0n) is 11.0. The summed E-state index contributed by atoms with van der Waals surface area (Å²) in [7, 11) is 0. The molecule has 0 saturated heterocycles. The number of hydrogen-bond donors (Lipinski definition) is 2. The highest BCUT2D eigenvalue weighted by atomic mass is 32.1. The fraction of sp³-hybridized carbons (Fsp3) is 0.357. The van der Waals surface area contributed by atoms with Crippen LogP contribution in [0, 0.1) is 6.92 Å². The summed E-state index contributed by atoms with van der Waals surface area (Å²) < 4.78 is 0. The van der Waals surface area contributed by atoms with E-state index < -0.39 is 5.97 Å². The average molecular weight is 290 g/mol. The van der Waals surface area contributed by atoms with E-state index in [2.05, 4.69) is 16.0 Å². The topological polar surface area (TPSA) is 83.0 Å². The van der Waals surface area contributed by atoms with E-state index in [1.165, 1.54) is 5.57 Å². The molecule has 1 aliphatic rings. The fourth-order valence-corrected chi connectivity index (χ4v) is 3.63. The number of carbonyl (C=O) groups is 1. The van der Waals surface area contributed by atoms with Crippen LogP contribution in [0.4, 0.5) is 0 Å². The first-order chi connectivity index (χ1) is 9.56. The summed E-state index contributed by atoms with van der Waals surface area (Å²) >= 11 is 1.07. The highest BCUT2D eigenvalue weighted by Crippen LogP contribution is 2.27. The number of hydrogen-bond acceptors (Lipinski definition) is 4. The van der Waals surface area contributed by atoms with Gasteiger partial charge in [0.15, 0.2) is 0 Å². The van der Waals surface area contributed by atoms with Crippen molar-refractivity contribution in [3.63, 3.8) is 0 Å². The Hall–Kier alpha value is -1.95. The van der Waals surface area contributed by atoms with Crippen LogP contribution in [0.5, 0.6) is 0 Å². The summed E-state index contributed by atoms with van der Waals surface area (Å²) in [5.41, 5.74) is 1.54. The number of aryl methyl sites for hydroxylation is 1. The van der Waals surface area contributed by atoms with Crippen LogP contribution in [0.1, 0.15) is 40.3 Å². The van der Waals surface area contributed by atoms with Crippen LogP contribution < -0.4 is 5.56 Å². The molecule has 5 nitrogen and oxygen atoms in total. The second kappa shape index (κ2) is 4.86. The molecule has 1 aliphatic carbocycles. The van der Waals surface area contributed by atoms with E-state index in [0.717, 1.165) is 30.6 Å². The van der Waals surface area contributed by atoms with Crippen molar-refractivity contribution in [1.29, 1.82) is 0 Å². The fourth-order valence-electron chi connectivity index (χ4n) is 2.59. The normalized spacial score (nSPS) is 14.8. The molecule has 2 heterocycles. The zero-order chi connectivity index (χ0) is 14.3. The lowest BCUT2D eigenvalue weighted by Gasteiger charge is -2.01. The van der Waals surface area contributed by atoms with Crippen LogP contribution in [-0.4, -0.2) is 21.0 Å². The number of carboxylic acids is 1. The predicted octanol–water partition coefficient (Wildman–Crippen LogP) is 2.64. The third-order valence-corrected chi connectivity index (χ3v) is 4.75. The molecule has 0 bridgehead atoms. The summed E-state index contributed by atoms with van der Waals surface area (Å²) in [6.45, 7) is 1.65. The van der Waals surface area contributed by atoms with E-state index in [9.17, 15) is 9.59 Å². The third kappa shape index (κ3) is 2.16. The van der Waals surface area contributed by atoms with Crippen LogP contribution in [0.2, 0.25) is 0 Å². The summed E-state index contributed by atoms with van der Waals surface area (Å²) in [5.74, 6) is -0.390. The van der Waals surface area contributed by atoms with Crippen molar-refractivity contribution in [2.24, 2.45) is 0 Å². The Morgan fingerprint density at radius 3 is 3.00 bits per heavy atom. The van der Waals surface area contributed by atoms with Gasteiger partial charge < -0.3 is 10.1 Å². The molecular weight excluding hydrogens is 276 g/mol. The largest absolute Gasteiger partial charge is 0.477 e. The van der Waals surface area contributed by atoms with Gasteiger partial charge in [-0.1, -0.05) is 11.6 Å². The van der Waals surface area contributed by atoms with Crippen molar-refractivity contribution in [1.82, 2.24) is 9.97 Å². The molecule has 0 unspecified atom stereocenters. The van der Waals surface area contributed by atoms with E-state index in [-0.39, 0.29) is 10.4 Å². The molecule has 0 fully saturated rings. The van der Waals surface area contributed by atoms with Crippen LogP contribution >= 0.6 is 11.3 Å². The second-order valence-electron chi connectivity index (χ2n) is 4.99. The molecule has 0 aromatic carbocycles. The van der Waals surface area contributed by atoms with Gasteiger partial charge in [-0.3, -0.25) is 4.79 Å². The Labute approximate surface area is 119 Å². The van der Waals surface area contributed by atoms with Gasteiger partial charge in [0, 0.05) is 6.42 Å². The Kier molecular flexibility index (Phi) is 3.17. The van der Waals surface area contributed by atoms with Crippen molar-refractivity contribution in [2.75, 3.05) is 0 Å². The van der Waals surface area contributed by atoms with Gasteiger partial charge in [-0.25, -0.2) is 9.78 Å². The standard InChI is InChI=1S/C14H14N2O3S/c1-7-10-12(17)15-9(6-8-4-2-3-5-8)16-13(10)20-11(7)14(18)19/h4H,2-3,5-6H2,1H3,(H,18,19)(H,15,16,17). The van der Waals surface area contributed by atoms with Crippen LogP contribution in [0.3, 0.4) is 0 Å². The number of nitrogens with one attached hydrogen (secondary N) is 1. The molecule has 2 aromatic rings. The Balaban J connectivity index is 2.09. The molecule has 0 spiro atoms. The van der Waals surface area contributed by atoms with E-state index in [1.54, 1.807) is 6.92 Å². The van der Waals surface area contributed by atoms with Gasteiger partial charge in [0.05, 0.1) is 5.39 Å². The lowest BCUT2D eigenvalue weighted by Crippen LogP contribution is -2.12. The van der Waals surface area contributed by atoms with Crippen LogP contribution in [0.15, 0.2) is 16.4 Å². The minimum atomic E-state index is -1.01. The Bertz CT molecular complexity index is 786. The van der Waals surface area contributed by atoms with Crippen molar-refractivity contribution in [2.45, 2.75) is 32.6 Å². The van der Waals surface area contributed by atoms with E-state index in [0.29, 0.717) is 28.0 Å². The maximum atomic E-state index is 12.1. The SMILES string of the molecule is Cc1c(C(=O)O)sc2nc(CC3=CCCC3)[nH]c(=O)c12. The van der Waals surface area contributed by atoms with Crippen molar-refractivity contribution < 1.29 is 9.90 Å². The maximum Gasteiger partial charge on any atom is 0.346 e. The Morgan fingerprint density at radius 2 is 2.35 bits per heavy atom. The second-order valence-corrected chi connectivity index (χ2v) is 5.98. The number of nitrogens with zero attached hydrogens (tertiary/aromatic N) is 1. The van der Waals surface area contributed by atoms with E-state index >= 15 is 0 Å². The number of rotatable bonds is 3. The summed E-state index contributed by atoms with van der Waals surface area (Å²) in [5, 5.41) is 9.52. The summed E-state index contributed by atoms with van der Waals surface area (Å²) in [6.07, 6.45) is 6.12. The van der Waals surface area contributed by atoms with Gasteiger partial charge in [0.2, 0.25) is 0 Å². The monoisotopic (exact) mass is 290 g/mol. The number of allylic oxidation sites excluding steroid dienone is 2. The molecule has 2 N–H and O–H groups in total. The first-order valence-electron chi connectivity index (χ1n) is 6.49. The predicted molar refractivity (Wildman–Crippen MR) is 77.6 cm³/mol. The third-order valence-electron chi connectivity index (χ3n) is 3.57. The molecule has 20 heavy (non-hydrogen) atoms. The van der Waals surface area contributed by atoms with E-state index in [1.807, 2.05) is 0 Å². The van der Waals surface area contributed by atoms with Crippen molar-refractivity contribution in [3.05, 3.63) is 38.3 Å². The highest BCUT2D eigenvalue weighted by Gasteiger charge is 2.19. The maximum absolute atomic E-state index is 12.1. The number of aromatic nitrogens is 2. The van der Waals surface area contributed by atoms with Crippen molar-refractivity contribution in [3.8, 4) is 0 Å². The molecule has 6 heteroatoms. The molecule has 0 aliphatic heterocycles. The number of thiophene rings is 1. The minimum absolute atomic E-state index is 0.190. The first-order valence-corrected chi connectivity index (χ1v) is 7.31. The number of aromatic amines is 1. The van der Waals surface area contributed by atoms with Crippen LogP contribution in [0.25, 0.3) is 10.2 Å².